The van der Waals surface area contributed by atoms with Crippen LogP contribution in [0.1, 0.15) is 44.4 Å². The molecule has 1 atom stereocenters. The molecule has 0 aromatic carbocycles. The molecule has 0 amide bonds. The summed E-state index contributed by atoms with van der Waals surface area (Å²) >= 11 is 0. The lowest BCUT2D eigenvalue weighted by Gasteiger charge is -2.04. The van der Waals surface area contributed by atoms with Crippen molar-refractivity contribution in [3.8, 4) is 0 Å². The zero-order chi connectivity index (χ0) is 9.97. The van der Waals surface area contributed by atoms with Gasteiger partial charge in [-0.1, -0.05) is 13.8 Å². The maximum Gasteiger partial charge on any atom is 0.211 e. The van der Waals surface area contributed by atoms with Gasteiger partial charge in [-0.15, -0.1) is 0 Å². The Morgan fingerprint density at radius 1 is 1.64 bits per heavy atom. The van der Waals surface area contributed by atoms with Gasteiger partial charge < -0.3 is 9.73 Å². The largest absolute Gasteiger partial charge is 0.444 e. The van der Waals surface area contributed by atoms with E-state index in [-0.39, 0.29) is 0 Å². The monoisotopic (exact) mass is 194 g/mol. The smallest absolute Gasteiger partial charge is 0.211 e. The molecule has 0 saturated carbocycles. The van der Waals surface area contributed by atoms with Crippen LogP contribution in [0.5, 0.6) is 0 Å². The molecule has 1 aromatic rings. The SMILES string of the molecule is CC(C)Cc1cnc([C@@H]2CCCN2)o1. The minimum absolute atomic E-state index is 0.357. The second-order valence-electron chi connectivity index (χ2n) is 4.41. The molecular weight excluding hydrogens is 176 g/mol. The van der Waals surface area contributed by atoms with Gasteiger partial charge in [-0.2, -0.15) is 0 Å². The van der Waals surface area contributed by atoms with Crippen molar-refractivity contribution in [2.75, 3.05) is 6.54 Å². The van der Waals surface area contributed by atoms with Crippen LogP contribution >= 0.6 is 0 Å². The number of oxazole rings is 1. The second kappa shape index (κ2) is 4.13. The summed E-state index contributed by atoms with van der Waals surface area (Å²) in [6.07, 6.45) is 5.24. The molecule has 1 aromatic heterocycles. The average molecular weight is 194 g/mol. The molecule has 2 rings (SSSR count). The van der Waals surface area contributed by atoms with E-state index in [2.05, 4.69) is 24.1 Å². The van der Waals surface area contributed by atoms with E-state index < -0.39 is 0 Å². The molecule has 0 aliphatic carbocycles. The molecule has 0 spiro atoms. The lowest BCUT2D eigenvalue weighted by Crippen LogP contribution is -2.12. The summed E-state index contributed by atoms with van der Waals surface area (Å²) < 4.78 is 5.70. The number of rotatable bonds is 3. The average Bonchev–Trinajstić information content (AvgIpc) is 2.69. The van der Waals surface area contributed by atoms with E-state index in [1.165, 1.54) is 6.42 Å². The molecule has 1 N–H and O–H groups in total. The van der Waals surface area contributed by atoms with Crippen LogP contribution in [0.15, 0.2) is 10.6 Å². The predicted molar refractivity (Wildman–Crippen MR) is 55.0 cm³/mol. The summed E-state index contributed by atoms with van der Waals surface area (Å²) in [5, 5.41) is 3.38. The highest BCUT2D eigenvalue weighted by Gasteiger charge is 2.20. The van der Waals surface area contributed by atoms with Crippen molar-refractivity contribution in [3.05, 3.63) is 17.8 Å². The Morgan fingerprint density at radius 2 is 2.50 bits per heavy atom. The fourth-order valence-corrected chi connectivity index (χ4v) is 1.88. The Kier molecular flexibility index (Phi) is 2.87. The number of hydrogen-bond acceptors (Lipinski definition) is 3. The van der Waals surface area contributed by atoms with Crippen molar-refractivity contribution >= 4 is 0 Å². The topological polar surface area (TPSA) is 38.1 Å². The first-order valence-electron chi connectivity index (χ1n) is 5.43. The van der Waals surface area contributed by atoms with E-state index in [1.807, 2.05) is 6.20 Å². The van der Waals surface area contributed by atoms with E-state index in [0.717, 1.165) is 31.0 Å². The molecule has 2 heterocycles. The zero-order valence-corrected chi connectivity index (χ0v) is 8.92. The lowest BCUT2D eigenvalue weighted by atomic mass is 10.1. The zero-order valence-electron chi connectivity index (χ0n) is 8.92. The number of hydrogen-bond donors (Lipinski definition) is 1. The molecular formula is C11H18N2O. The van der Waals surface area contributed by atoms with Crippen molar-refractivity contribution in [2.45, 2.75) is 39.2 Å². The van der Waals surface area contributed by atoms with E-state index in [1.54, 1.807) is 0 Å². The predicted octanol–water partition coefficient (Wildman–Crippen LogP) is 2.30. The van der Waals surface area contributed by atoms with Gasteiger partial charge >= 0.3 is 0 Å². The normalized spacial score (nSPS) is 22.1. The summed E-state index contributed by atoms with van der Waals surface area (Å²) in [4.78, 5) is 4.32. The molecule has 14 heavy (non-hydrogen) atoms. The highest BCUT2D eigenvalue weighted by atomic mass is 16.4. The van der Waals surface area contributed by atoms with Crippen LogP contribution in [0.2, 0.25) is 0 Å². The number of nitrogens with zero attached hydrogens (tertiary/aromatic N) is 1. The Labute approximate surface area is 84.9 Å². The van der Waals surface area contributed by atoms with Crippen LogP contribution in [0.4, 0.5) is 0 Å². The van der Waals surface area contributed by atoms with Gasteiger partial charge in [0, 0.05) is 6.42 Å². The van der Waals surface area contributed by atoms with Gasteiger partial charge in [0.05, 0.1) is 12.2 Å². The Morgan fingerprint density at radius 3 is 3.14 bits per heavy atom. The molecule has 1 saturated heterocycles. The summed E-state index contributed by atoms with van der Waals surface area (Å²) in [6, 6.07) is 0.357. The first-order chi connectivity index (χ1) is 6.75. The van der Waals surface area contributed by atoms with Crippen LogP contribution in [0.3, 0.4) is 0 Å². The van der Waals surface area contributed by atoms with Crippen molar-refractivity contribution < 1.29 is 4.42 Å². The second-order valence-corrected chi connectivity index (χ2v) is 4.41. The Hall–Kier alpha value is -0.830. The van der Waals surface area contributed by atoms with E-state index >= 15 is 0 Å². The third kappa shape index (κ3) is 2.15. The Bertz CT molecular complexity index is 287. The molecule has 0 unspecified atom stereocenters. The maximum absolute atomic E-state index is 5.70. The van der Waals surface area contributed by atoms with Crippen LogP contribution in [0, 0.1) is 5.92 Å². The molecule has 0 radical (unpaired) electrons. The van der Waals surface area contributed by atoms with Gasteiger partial charge in [-0.05, 0) is 25.3 Å². The van der Waals surface area contributed by atoms with Crippen LogP contribution in [-0.2, 0) is 6.42 Å². The van der Waals surface area contributed by atoms with Crippen LogP contribution in [-0.4, -0.2) is 11.5 Å². The highest BCUT2D eigenvalue weighted by molar-refractivity contribution is 5.00. The first-order valence-corrected chi connectivity index (χ1v) is 5.43. The summed E-state index contributed by atoms with van der Waals surface area (Å²) in [7, 11) is 0. The highest BCUT2D eigenvalue weighted by Crippen LogP contribution is 2.23. The molecule has 1 aliphatic heterocycles. The third-order valence-corrected chi connectivity index (χ3v) is 2.54. The molecule has 3 nitrogen and oxygen atoms in total. The summed E-state index contributed by atoms with van der Waals surface area (Å²) in [5.41, 5.74) is 0. The van der Waals surface area contributed by atoms with Crippen molar-refractivity contribution in [3.63, 3.8) is 0 Å². The van der Waals surface area contributed by atoms with Crippen molar-refractivity contribution in [1.82, 2.24) is 10.3 Å². The molecule has 3 heteroatoms. The fraction of sp³-hybridized carbons (Fsp3) is 0.727. The van der Waals surface area contributed by atoms with E-state index in [4.69, 9.17) is 4.42 Å². The van der Waals surface area contributed by atoms with E-state index in [0.29, 0.717) is 12.0 Å². The quantitative estimate of drug-likeness (QED) is 0.802. The van der Waals surface area contributed by atoms with Gasteiger partial charge in [-0.25, -0.2) is 4.98 Å². The lowest BCUT2D eigenvalue weighted by molar-refractivity contribution is 0.391. The number of aromatic nitrogens is 1. The number of nitrogens with one attached hydrogen (secondary N) is 1. The Balaban J connectivity index is 2.01. The third-order valence-electron chi connectivity index (χ3n) is 2.54. The minimum atomic E-state index is 0.357. The van der Waals surface area contributed by atoms with Crippen LogP contribution in [0.25, 0.3) is 0 Å². The molecule has 1 aliphatic rings. The maximum atomic E-state index is 5.70. The van der Waals surface area contributed by atoms with Crippen LogP contribution < -0.4 is 5.32 Å². The van der Waals surface area contributed by atoms with Gasteiger partial charge in [-0.3, -0.25) is 0 Å². The summed E-state index contributed by atoms with van der Waals surface area (Å²) in [5.74, 6) is 2.52. The molecule has 78 valence electrons. The van der Waals surface area contributed by atoms with Crippen molar-refractivity contribution in [1.29, 1.82) is 0 Å². The van der Waals surface area contributed by atoms with E-state index in [9.17, 15) is 0 Å². The van der Waals surface area contributed by atoms with Crippen molar-refractivity contribution in [2.24, 2.45) is 5.92 Å². The van der Waals surface area contributed by atoms with Gasteiger partial charge in [0.1, 0.15) is 5.76 Å². The standard InChI is InChI=1S/C11H18N2O/c1-8(2)6-9-7-13-11(14-9)10-4-3-5-12-10/h7-8,10,12H,3-6H2,1-2H3/t10-/m0/s1. The van der Waals surface area contributed by atoms with Gasteiger partial charge in [0.2, 0.25) is 5.89 Å². The molecule has 1 fully saturated rings. The van der Waals surface area contributed by atoms with Gasteiger partial charge in [0.25, 0.3) is 0 Å². The van der Waals surface area contributed by atoms with Gasteiger partial charge in [0.15, 0.2) is 0 Å². The first kappa shape index (κ1) is 9.71. The minimum Gasteiger partial charge on any atom is -0.444 e. The fourth-order valence-electron chi connectivity index (χ4n) is 1.88. The summed E-state index contributed by atoms with van der Waals surface area (Å²) in [6.45, 7) is 5.47. The molecule has 0 bridgehead atoms.